The normalized spacial score (nSPS) is 15.9. The number of piperazine rings is 1. The Labute approximate surface area is 161 Å². The van der Waals surface area contributed by atoms with E-state index in [-0.39, 0.29) is 11.3 Å². The number of aromatic nitrogens is 2. The molecule has 0 aliphatic carbocycles. The number of hydrogen-bond donors (Lipinski definition) is 0. The van der Waals surface area contributed by atoms with E-state index in [1.165, 1.54) is 5.56 Å². The first-order valence-electron chi connectivity index (χ1n) is 9.79. The zero-order chi connectivity index (χ0) is 19.3. The molecule has 1 aliphatic rings. The molecule has 0 spiro atoms. The van der Waals surface area contributed by atoms with Crippen molar-refractivity contribution in [1.29, 1.82) is 0 Å². The van der Waals surface area contributed by atoms with Crippen molar-refractivity contribution in [3.63, 3.8) is 0 Å². The molecule has 0 saturated carbocycles. The predicted octanol–water partition coefficient (Wildman–Crippen LogP) is 3.03. The van der Waals surface area contributed by atoms with Crippen LogP contribution in [-0.2, 0) is 23.2 Å². The summed E-state index contributed by atoms with van der Waals surface area (Å²) >= 11 is 0. The highest BCUT2D eigenvalue weighted by Gasteiger charge is 2.24. The molecule has 1 amide bonds. The van der Waals surface area contributed by atoms with Gasteiger partial charge in [-0.3, -0.25) is 9.69 Å². The first kappa shape index (κ1) is 19.5. The fraction of sp³-hybridized carbons (Fsp3) is 0.571. The molecular weight excluding hydrogens is 340 g/mol. The lowest BCUT2D eigenvalue weighted by Crippen LogP contribution is -2.48. The average molecular weight is 370 g/mol. The molecule has 1 aromatic heterocycles. The smallest absolute Gasteiger partial charge is 0.240 e. The van der Waals surface area contributed by atoms with Crippen LogP contribution >= 0.6 is 0 Å². The van der Waals surface area contributed by atoms with Gasteiger partial charge in [-0.2, -0.15) is 4.98 Å². The Morgan fingerprint density at radius 2 is 1.81 bits per heavy atom. The van der Waals surface area contributed by atoms with Gasteiger partial charge in [0.25, 0.3) is 0 Å². The molecule has 2 heterocycles. The number of rotatable bonds is 6. The van der Waals surface area contributed by atoms with Gasteiger partial charge in [-0.15, -0.1) is 0 Å². The number of benzene rings is 1. The van der Waals surface area contributed by atoms with Gasteiger partial charge >= 0.3 is 0 Å². The van der Waals surface area contributed by atoms with Gasteiger partial charge in [-0.1, -0.05) is 56.3 Å². The summed E-state index contributed by atoms with van der Waals surface area (Å²) in [6.07, 6.45) is 2.48. The Morgan fingerprint density at radius 3 is 2.44 bits per heavy atom. The van der Waals surface area contributed by atoms with Gasteiger partial charge in [0.1, 0.15) is 0 Å². The number of amides is 1. The summed E-state index contributed by atoms with van der Waals surface area (Å²) in [6, 6.07) is 10.3. The van der Waals surface area contributed by atoms with Crippen molar-refractivity contribution < 1.29 is 9.32 Å². The molecule has 1 aromatic carbocycles. The van der Waals surface area contributed by atoms with Crippen LogP contribution in [0.3, 0.4) is 0 Å². The Morgan fingerprint density at radius 1 is 1.11 bits per heavy atom. The van der Waals surface area contributed by atoms with E-state index in [1.807, 2.05) is 23.1 Å². The molecule has 6 nitrogen and oxygen atoms in total. The molecule has 1 saturated heterocycles. The molecule has 0 unspecified atom stereocenters. The Bertz CT molecular complexity index is 728. The molecule has 1 aliphatic heterocycles. The summed E-state index contributed by atoms with van der Waals surface area (Å²) in [5, 5.41) is 4.08. The zero-order valence-electron chi connectivity index (χ0n) is 16.6. The summed E-state index contributed by atoms with van der Waals surface area (Å²) in [4.78, 5) is 21.2. The highest BCUT2D eigenvalue weighted by atomic mass is 16.5. The summed E-state index contributed by atoms with van der Waals surface area (Å²) in [5.74, 6) is 1.66. The maximum Gasteiger partial charge on any atom is 0.240 e. The predicted molar refractivity (Wildman–Crippen MR) is 104 cm³/mol. The lowest BCUT2D eigenvalue weighted by atomic mass is 9.96. The fourth-order valence-corrected chi connectivity index (χ4v) is 3.22. The van der Waals surface area contributed by atoms with Crippen LogP contribution in [-0.4, -0.2) is 52.0 Å². The second-order valence-electron chi connectivity index (χ2n) is 8.26. The summed E-state index contributed by atoms with van der Waals surface area (Å²) in [5.41, 5.74) is 1.19. The van der Waals surface area contributed by atoms with Crippen LogP contribution in [0.1, 0.15) is 50.9 Å². The Balaban J connectivity index is 1.39. The van der Waals surface area contributed by atoms with Gasteiger partial charge in [0.2, 0.25) is 11.8 Å². The lowest BCUT2D eigenvalue weighted by Gasteiger charge is -2.34. The second kappa shape index (κ2) is 8.65. The molecule has 1 fully saturated rings. The van der Waals surface area contributed by atoms with Crippen molar-refractivity contribution in [2.45, 2.75) is 52.0 Å². The molecule has 2 aromatic rings. The summed E-state index contributed by atoms with van der Waals surface area (Å²) in [7, 11) is 0. The van der Waals surface area contributed by atoms with Gasteiger partial charge in [0.05, 0.1) is 6.54 Å². The zero-order valence-corrected chi connectivity index (χ0v) is 16.6. The molecule has 146 valence electrons. The minimum Gasteiger partial charge on any atom is -0.340 e. The molecule has 0 radical (unpaired) electrons. The highest BCUT2D eigenvalue weighted by molar-refractivity contribution is 5.76. The van der Waals surface area contributed by atoms with Crippen LogP contribution in [0.2, 0.25) is 0 Å². The van der Waals surface area contributed by atoms with Crippen LogP contribution in [0.5, 0.6) is 0 Å². The third-order valence-corrected chi connectivity index (χ3v) is 4.92. The molecule has 6 heteroatoms. The average Bonchev–Trinajstić information content (AvgIpc) is 3.12. The van der Waals surface area contributed by atoms with Crippen LogP contribution in [0.15, 0.2) is 34.9 Å². The molecule has 0 N–H and O–H groups in total. The third kappa shape index (κ3) is 5.63. The maximum absolute atomic E-state index is 12.4. The first-order valence-corrected chi connectivity index (χ1v) is 9.79. The van der Waals surface area contributed by atoms with Crippen LogP contribution in [0.4, 0.5) is 0 Å². The largest absolute Gasteiger partial charge is 0.340 e. The van der Waals surface area contributed by atoms with Crippen molar-refractivity contribution in [2.24, 2.45) is 0 Å². The van der Waals surface area contributed by atoms with E-state index in [0.717, 1.165) is 44.8 Å². The van der Waals surface area contributed by atoms with Crippen molar-refractivity contribution in [3.8, 4) is 0 Å². The van der Waals surface area contributed by atoms with Crippen molar-refractivity contribution in [2.75, 3.05) is 26.2 Å². The second-order valence-corrected chi connectivity index (χ2v) is 8.26. The van der Waals surface area contributed by atoms with E-state index >= 15 is 0 Å². The van der Waals surface area contributed by atoms with E-state index < -0.39 is 0 Å². The third-order valence-electron chi connectivity index (χ3n) is 4.92. The first-order chi connectivity index (χ1) is 12.9. The lowest BCUT2D eigenvalue weighted by molar-refractivity contribution is -0.133. The topological polar surface area (TPSA) is 62.5 Å². The SMILES string of the molecule is CC(C)(C)c1noc(CN2CCN(C(=O)CCCc3ccccc3)CC2)n1. The van der Waals surface area contributed by atoms with Crippen LogP contribution < -0.4 is 0 Å². The van der Waals surface area contributed by atoms with Crippen molar-refractivity contribution in [1.82, 2.24) is 19.9 Å². The minimum atomic E-state index is -0.105. The van der Waals surface area contributed by atoms with Gasteiger partial charge in [0, 0.05) is 38.0 Å². The van der Waals surface area contributed by atoms with E-state index in [1.54, 1.807) is 0 Å². The van der Waals surface area contributed by atoms with E-state index in [9.17, 15) is 4.79 Å². The number of nitrogens with zero attached hydrogens (tertiary/aromatic N) is 4. The van der Waals surface area contributed by atoms with Crippen LogP contribution in [0.25, 0.3) is 0 Å². The standard InChI is InChI=1S/C21H30N4O2/c1-21(2,3)20-22-18(27-23-20)16-24-12-14-25(15-13-24)19(26)11-7-10-17-8-5-4-6-9-17/h4-6,8-9H,7,10-16H2,1-3H3. The van der Waals surface area contributed by atoms with Crippen molar-refractivity contribution >= 4 is 5.91 Å². The van der Waals surface area contributed by atoms with E-state index in [2.05, 4.69) is 47.9 Å². The van der Waals surface area contributed by atoms with Gasteiger partial charge in [-0.25, -0.2) is 0 Å². The molecular formula is C21H30N4O2. The van der Waals surface area contributed by atoms with E-state index in [4.69, 9.17) is 4.52 Å². The van der Waals surface area contributed by atoms with E-state index in [0.29, 0.717) is 18.9 Å². The maximum atomic E-state index is 12.4. The monoisotopic (exact) mass is 370 g/mol. The van der Waals surface area contributed by atoms with Crippen LogP contribution in [0, 0.1) is 0 Å². The number of aryl methyl sites for hydroxylation is 1. The number of hydrogen-bond acceptors (Lipinski definition) is 5. The molecule has 0 bridgehead atoms. The molecule has 3 rings (SSSR count). The van der Waals surface area contributed by atoms with Gasteiger partial charge in [0.15, 0.2) is 5.82 Å². The minimum absolute atomic E-state index is 0.105. The molecule has 0 atom stereocenters. The van der Waals surface area contributed by atoms with Crippen molar-refractivity contribution in [3.05, 3.63) is 47.6 Å². The number of carbonyl (C=O) groups excluding carboxylic acids is 1. The fourth-order valence-electron chi connectivity index (χ4n) is 3.22. The number of carbonyl (C=O) groups is 1. The quantitative estimate of drug-likeness (QED) is 0.782. The Hall–Kier alpha value is -2.21. The summed E-state index contributed by atoms with van der Waals surface area (Å²) in [6.45, 7) is 10.1. The summed E-state index contributed by atoms with van der Waals surface area (Å²) < 4.78 is 5.38. The Kier molecular flexibility index (Phi) is 6.26. The highest BCUT2D eigenvalue weighted by Crippen LogP contribution is 2.19. The molecule has 27 heavy (non-hydrogen) atoms. The van der Waals surface area contributed by atoms with Gasteiger partial charge in [-0.05, 0) is 18.4 Å². The van der Waals surface area contributed by atoms with Gasteiger partial charge < -0.3 is 9.42 Å².